The van der Waals surface area contributed by atoms with Crippen molar-refractivity contribution < 1.29 is 24.7 Å². The third-order valence-electron chi connectivity index (χ3n) is 2.61. The summed E-state index contributed by atoms with van der Waals surface area (Å²) in [5.41, 5.74) is 0.523. The molecule has 7 nitrogen and oxygen atoms in total. The first-order chi connectivity index (χ1) is 8.88. The number of rotatable bonds is 5. The van der Waals surface area contributed by atoms with Crippen molar-refractivity contribution in [1.82, 2.24) is 0 Å². The smallest absolute Gasteiger partial charge is 0.338 e. The van der Waals surface area contributed by atoms with E-state index < -0.39 is 23.1 Å². The van der Waals surface area contributed by atoms with E-state index in [9.17, 15) is 25.1 Å². The number of benzene rings is 1. The Balaban J connectivity index is 2.96. The highest BCUT2D eigenvalue weighted by molar-refractivity contribution is 5.75. The van der Waals surface area contributed by atoms with Crippen molar-refractivity contribution in [1.29, 1.82) is 0 Å². The highest BCUT2D eigenvalue weighted by atomic mass is 16.6. The quantitative estimate of drug-likeness (QED) is 0.466. The normalized spacial score (nSPS) is 13.7. The lowest BCUT2D eigenvalue weighted by Crippen LogP contribution is -2.30. The van der Waals surface area contributed by atoms with Gasteiger partial charge in [0.05, 0.1) is 11.5 Å². The number of carbonyl (C=O) groups is 1. The average molecular weight is 269 g/mol. The maximum atomic E-state index is 11.3. The van der Waals surface area contributed by atoms with E-state index in [1.54, 1.807) is 13.8 Å². The van der Waals surface area contributed by atoms with Crippen molar-refractivity contribution in [3.63, 3.8) is 0 Å². The molecule has 0 aromatic heterocycles. The molecule has 0 amide bonds. The molecule has 2 N–H and O–H groups in total. The maximum absolute atomic E-state index is 11.3. The van der Waals surface area contributed by atoms with Gasteiger partial charge in [-0.2, -0.15) is 0 Å². The zero-order valence-electron chi connectivity index (χ0n) is 10.6. The van der Waals surface area contributed by atoms with Crippen LogP contribution in [-0.4, -0.2) is 33.8 Å². The molecule has 0 saturated carbocycles. The first-order valence-corrected chi connectivity index (χ1v) is 5.66. The fraction of sp³-hybridized carbons (Fsp3) is 0.417. The fourth-order valence-corrected chi connectivity index (χ4v) is 1.63. The van der Waals surface area contributed by atoms with Crippen LogP contribution < -0.4 is 0 Å². The molecule has 1 aromatic rings. The Morgan fingerprint density at radius 3 is 2.58 bits per heavy atom. The Kier molecular flexibility index (Phi) is 4.96. The lowest BCUT2D eigenvalue weighted by molar-refractivity contribution is -0.384. The number of aryl methyl sites for hydroxylation is 1. The van der Waals surface area contributed by atoms with Crippen molar-refractivity contribution in [3.05, 3.63) is 39.4 Å². The number of esters is 1. The minimum Gasteiger partial charge on any atom is -0.464 e. The van der Waals surface area contributed by atoms with E-state index in [4.69, 9.17) is 0 Å². The van der Waals surface area contributed by atoms with Crippen LogP contribution in [0.25, 0.3) is 0 Å². The third-order valence-corrected chi connectivity index (χ3v) is 2.61. The third kappa shape index (κ3) is 3.49. The summed E-state index contributed by atoms with van der Waals surface area (Å²) in [6.45, 7) is 3.21. The van der Waals surface area contributed by atoms with Gasteiger partial charge in [0.1, 0.15) is 6.10 Å². The van der Waals surface area contributed by atoms with Crippen LogP contribution in [-0.2, 0) is 9.53 Å². The Hall–Kier alpha value is -1.99. The predicted octanol–water partition coefficient (Wildman–Crippen LogP) is 0.861. The van der Waals surface area contributed by atoms with E-state index in [1.807, 2.05) is 0 Å². The topological polar surface area (TPSA) is 110 Å². The molecule has 0 bridgehead atoms. The van der Waals surface area contributed by atoms with Crippen LogP contribution in [0.2, 0.25) is 0 Å². The number of nitro benzene ring substituents is 1. The van der Waals surface area contributed by atoms with Gasteiger partial charge in [-0.3, -0.25) is 10.1 Å². The SMILES string of the molecule is CCOC(=O)C(O)C(O)c1ccc([N+](=O)[O-])cc1C. The van der Waals surface area contributed by atoms with Gasteiger partial charge in [0, 0.05) is 12.1 Å². The second-order valence-corrected chi connectivity index (χ2v) is 3.94. The van der Waals surface area contributed by atoms with E-state index in [2.05, 4.69) is 4.74 Å². The van der Waals surface area contributed by atoms with Crippen molar-refractivity contribution in [2.45, 2.75) is 26.1 Å². The van der Waals surface area contributed by atoms with Crippen molar-refractivity contribution >= 4 is 11.7 Å². The summed E-state index contributed by atoms with van der Waals surface area (Å²) in [4.78, 5) is 21.3. The second-order valence-electron chi connectivity index (χ2n) is 3.94. The molecule has 0 aliphatic rings. The largest absolute Gasteiger partial charge is 0.464 e. The van der Waals surface area contributed by atoms with Gasteiger partial charge in [0.25, 0.3) is 5.69 Å². The van der Waals surface area contributed by atoms with Gasteiger partial charge in [-0.1, -0.05) is 0 Å². The fourth-order valence-electron chi connectivity index (χ4n) is 1.63. The van der Waals surface area contributed by atoms with Gasteiger partial charge < -0.3 is 14.9 Å². The minimum absolute atomic E-state index is 0.0852. The van der Waals surface area contributed by atoms with Gasteiger partial charge in [-0.15, -0.1) is 0 Å². The van der Waals surface area contributed by atoms with Crippen LogP contribution >= 0.6 is 0 Å². The maximum Gasteiger partial charge on any atom is 0.338 e. The number of aliphatic hydroxyl groups excluding tert-OH is 2. The number of non-ortho nitro benzene ring substituents is 1. The first kappa shape index (κ1) is 15.1. The highest BCUT2D eigenvalue weighted by Gasteiger charge is 2.28. The number of nitro groups is 1. The molecule has 2 unspecified atom stereocenters. The van der Waals surface area contributed by atoms with Crippen LogP contribution in [0.3, 0.4) is 0 Å². The van der Waals surface area contributed by atoms with Gasteiger partial charge in [0.15, 0.2) is 6.10 Å². The lowest BCUT2D eigenvalue weighted by Gasteiger charge is -2.18. The van der Waals surface area contributed by atoms with E-state index in [0.717, 1.165) is 0 Å². The van der Waals surface area contributed by atoms with E-state index >= 15 is 0 Å². The molecule has 0 fully saturated rings. The molecule has 104 valence electrons. The summed E-state index contributed by atoms with van der Waals surface area (Å²) in [5.74, 6) is -0.937. The summed E-state index contributed by atoms with van der Waals surface area (Å²) in [5, 5.41) is 30.1. The molecule has 0 heterocycles. The lowest BCUT2D eigenvalue weighted by atomic mass is 9.99. The predicted molar refractivity (Wildman–Crippen MR) is 65.4 cm³/mol. The van der Waals surface area contributed by atoms with E-state index in [0.29, 0.717) is 5.56 Å². The zero-order chi connectivity index (χ0) is 14.6. The van der Waals surface area contributed by atoms with Crippen LogP contribution in [0.5, 0.6) is 0 Å². The van der Waals surface area contributed by atoms with Crippen molar-refractivity contribution in [3.8, 4) is 0 Å². The standard InChI is InChI=1S/C12H15NO6/c1-3-19-12(16)11(15)10(14)9-5-4-8(13(17)18)6-7(9)2/h4-6,10-11,14-15H,3H2,1-2H3. The Morgan fingerprint density at radius 1 is 1.47 bits per heavy atom. The molecule has 0 spiro atoms. The molecular weight excluding hydrogens is 254 g/mol. The monoisotopic (exact) mass is 269 g/mol. The number of hydrogen-bond acceptors (Lipinski definition) is 6. The molecule has 1 aromatic carbocycles. The number of carbonyl (C=O) groups excluding carboxylic acids is 1. The zero-order valence-corrected chi connectivity index (χ0v) is 10.6. The molecule has 2 atom stereocenters. The molecular formula is C12H15NO6. The summed E-state index contributed by atoms with van der Waals surface area (Å²) >= 11 is 0. The van der Waals surface area contributed by atoms with Crippen LogP contribution in [0.15, 0.2) is 18.2 Å². The second kappa shape index (κ2) is 6.26. The number of hydrogen-bond donors (Lipinski definition) is 2. The molecule has 7 heteroatoms. The van der Waals surface area contributed by atoms with Gasteiger partial charge >= 0.3 is 5.97 Å². The van der Waals surface area contributed by atoms with Gasteiger partial charge in [-0.05, 0) is 31.0 Å². The minimum atomic E-state index is -1.72. The highest BCUT2D eigenvalue weighted by Crippen LogP contribution is 2.25. The molecule has 0 saturated heterocycles. The first-order valence-electron chi connectivity index (χ1n) is 5.66. The molecule has 1 rings (SSSR count). The Labute approximate surface area is 109 Å². The van der Waals surface area contributed by atoms with Crippen LogP contribution in [0.4, 0.5) is 5.69 Å². The summed E-state index contributed by atoms with van der Waals surface area (Å²) < 4.78 is 4.59. The van der Waals surface area contributed by atoms with Gasteiger partial charge in [0.2, 0.25) is 0 Å². The Bertz CT molecular complexity index is 487. The summed E-state index contributed by atoms with van der Waals surface area (Å²) in [6, 6.07) is 3.76. The van der Waals surface area contributed by atoms with Gasteiger partial charge in [-0.25, -0.2) is 4.79 Å². The van der Waals surface area contributed by atoms with Crippen LogP contribution in [0.1, 0.15) is 24.2 Å². The summed E-state index contributed by atoms with van der Waals surface area (Å²) in [7, 11) is 0. The van der Waals surface area contributed by atoms with E-state index in [1.165, 1.54) is 18.2 Å². The van der Waals surface area contributed by atoms with Crippen LogP contribution in [0, 0.1) is 17.0 Å². The van der Waals surface area contributed by atoms with E-state index in [-0.39, 0.29) is 17.9 Å². The molecule has 19 heavy (non-hydrogen) atoms. The number of ether oxygens (including phenoxy) is 1. The molecule has 0 aliphatic carbocycles. The Morgan fingerprint density at radius 2 is 2.11 bits per heavy atom. The molecule has 0 radical (unpaired) electrons. The number of nitrogens with zero attached hydrogens (tertiary/aromatic N) is 1. The average Bonchev–Trinajstić information content (AvgIpc) is 2.37. The van der Waals surface area contributed by atoms with Crippen molar-refractivity contribution in [2.24, 2.45) is 0 Å². The molecule has 0 aliphatic heterocycles. The van der Waals surface area contributed by atoms with Crippen molar-refractivity contribution in [2.75, 3.05) is 6.61 Å². The summed E-state index contributed by atoms with van der Waals surface area (Å²) in [6.07, 6.45) is -3.21. The number of aliphatic hydroxyl groups is 2.